The Labute approximate surface area is 172 Å². The lowest BCUT2D eigenvalue weighted by atomic mass is 10.0. The Kier molecular flexibility index (Phi) is 5.68. The van der Waals surface area contributed by atoms with E-state index in [1.54, 1.807) is 31.4 Å². The zero-order valence-corrected chi connectivity index (χ0v) is 16.3. The van der Waals surface area contributed by atoms with Gasteiger partial charge in [-0.15, -0.1) is 0 Å². The molecule has 10 nitrogen and oxygen atoms in total. The molecule has 0 aliphatic carbocycles. The number of ether oxygens (including phenoxy) is 4. The van der Waals surface area contributed by atoms with E-state index < -0.39 is 11.0 Å². The SMILES string of the molecule is COc1ccc(NC(=O)[C@@H](c2cc3c(cc2[N+](=O)[O-])OCO3)N2CCOCC2)cc1. The topological polar surface area (TPSA) is 112 Å². The summed E-state index contributed by atoms with van der Waals surface area (Å²) in [5.41, 5.74) is 0.611. The molecule has 1 atom stereocenters. The number of morpholine rings is 1. The Hall–Kier alpha value is -3.37. The van der Waals surface area contributed by atoms with Gasteiger partial charge < -0.3 is 24.3 Å². The van der Waals surface area contributed by atoms with Gasteiger partial charge in [0.2, 0.25) is 12.7 Å². The minimum Gasteiger partial charge on any atom is -0.497 e. The zero-order valence-electron chi connectivity index (χ0n) is 16.3. The van der Waals surface area contributed by atoms with Crippen LogP contribution in [0.4, 0.5) is 11.4 Å². The highest BCUT2D eigenvalue weighted by molar-refractivity contribution is 5.96. The first-order chi connectivity index (χ1) is 14.6. The van der Waals surface area contributed by atoms with Gasteiger partial charge in [0, 0.05) is 18.8 Å². The van der Waals surface area contributed by atoms with E-state index in [1.807, 2.05) is 4.90 Å². The van der Waals surface area contributed by atoms with Crippen LogP contribution in [0.5, 0.6) is 17.2 Å². The maximum Gasteiger partial charge on any atom is 0.278 e. The molecule has 2 aliphatic rings. The van der Waals surface area contributed by atoms with E-state index in [1.165, 1.54) is 12.1 Å². The smallest absolute Gasteiger partial charge is 0.278 e. The van der Waals surface area contributed by atoms with Crippen molar-refractivity contribution >= 4 is 17.3 Å². The standard InChI is InChI=1S/C20H21N3O7/c1-27-14-4-2-13(3-5-14)21-20(24)19(22-6-8-28-9-7-22)15-10-17-18(30-12-29-17)11-16(15)23(25)26/h2-5,10-11,19H,6-9,12H2,1H3,(H,21,24)/t19-/m1/s1. The van der Waals surface area contributed by atoms with Gasteiger partial charge in [-0.3, -0.25) is 19.8 Å². The first-order valence-corrected chi connectivity index (χ1v) is 9.41. The number of benzene rings is 2. The Morgan fingerprint density at radius 3 is 2.47 bits per heavy atom. The number of nitrogens with one attached hydrogen (secondary N) is 1. The van der Waals surface area contributed by atoms with Gasteiger partial charge in [-0.25, -0.2) is 0 Å². The number of anilines is 1. The second kappa shape index (κ2) is 8.56. The van der Waals surface area contributed by atoms with Crippen LogP contribution < -0.4 is 19.5 Å². The van der Waals surface area contributed by atoms with Crippen molar-refractivity contribution in [3.8, 4) is 17.2 Å². The number of nitrogens with zero attached hydrogens (tertiary/aromatic N) is 2. The van der Waals surface area contributed by atoms with Crippen molar-refractivity contribution in [3.05, 3.63) is 52.1 Å². The number of fused-ring (bicyclic) bond motifs is 1. The largest absolute Gasteiger partial charge is 0.497 e. The molecular formula is C20H21N3O7. The van der Waals surface area contributed by atoms with Gasteiger partial charge in [-0.05, 0) is 30.3 Å². The molecule has 0 spiro atoms. The third-order valence-corrected chi connectivity index (χ3v) is 5.03. The Morgan fingerprint density at radius 2 is 1.83 bits per heavy atom. The molecule has 1 N–H and O–H groups in total. The van der Waals surface area contributed by atoms with Crippen molar-refractivity contribution < 1.29 is 28.7 Å². The molecule has 0 aromatic heterocycles. The van der Waals surface area contributed by atoms with Crippen LogP contribution in [0.2, 0.25) is 0 Å². The lowest BCUT2D eigenvalue weighted by Gasteiger charge is -2.33. The first kappa shape index (κ1) is 19.9. The number of hydrogen-bond acceptors (Lipinski definition) is 8. The third kappa shape index (κ3) is 4.00. The average Bonchev–Trinajstić information content (AvgIpc) is 3.22. The summed E-state index contributed by atoms with van der Waals surface area (Å²) in [6.45, 7) is 1.78. The monoisotopic (exact) mass is 415 g/mol. The summed E-state index contributed by atoms with van der Waals surface area (Å²) in [7, 11) is 1.56. The molecular weight excluding hydrogens is 394 g/mol. The van der Waals surface area contributed by atoms with Crippen LogP contribution >= 0.6 is 0 Å². The lowest BCUT2D eigenvalue weighted by Crippen LogP contribution is -2.44. The van der Waals surface area contributed by atoms with Crippen LogP contribution in [0.1, 0.15) is 11.6 Å². The predicted molar refractivity (Wildman–Crippen MR) is 106 cm³/mol. The minimum absolute atomic E-state index is 0.0177. The molecule has 1 amide bonds. The van der Waals surface area contributed by atoms with Gasteiger partial charge in [-0.2, -0.15) is 0 Å². The number of methoxy groups -OCH3 is 1. The summed E-state index contributed by atoms with van der Waals surface area (Å²) < 4.78 is 21.2. The first-order valence-electron chi connectivity index (χ1n) is 9.41. The molecule has 10 heteroatoms. The highest BCUT2D eigenvalue weighted by Gasteiger charge is 2.36. The molecule has 2 aliphatic heterocycles. The maximum absolute atomic E-state index is 13.3. The van der Waals surface area contributed by atoms with Gasteiger partial charge in [0.25, 0.3) is 5.69 Å². The summed E-state index contributed by atoms with van der Waals surface area (Å²) in [6.07, 6.45) is 0. The van der Waals surface area contributed by atoms with Gasteiger partial charge in [0.05, 0.1) is 36.9 Å². The van der Waals surface area contributed by atoms with Gasteiger partial charge >= 0.3 is 0 Å². The Morgan fingerprint density at radius 1 is 1.17 bits per heavy atom. The van der Waals surface area contributed by atoms with E-state index >= 15 is 0 Å². The Balaban J connectivity index is 1.71. The quantitative estimate of drug-likeness (QED) is 0.565. The fourth-order valence-electron chi connectivity index (χ4n) is 3.55. The zero-order chi connectivity index (χ0) is 21.1. The summed E-state index contributed by atoms with van der Waals surface area (Å²) >= 11 is 0. The summed E-state index contributed by atoms with van der Waals surface area (Å²) in [5.74, 6) is 0.945. The van der Waals surface area contributed by atoms with Crippen LogP contribution in [0, 0.1) is 10.1 Å². The van der Waals surface area contributed by atoms with Crippen molar-refractivity contribution in [2.75, 3.05) is 45.5 Å². The fraction of sp³-hybridized carbons (Fsp3) is 0.350. The molecule has 0 unspecified atom stereocenters. The van der Waals surface area contributed by atoms with Crippen LogP contribution in [0.15, 0.2) is 36.4 Å². The van der Waals surface area contributed by atoms with Gasteiger partial charge in [-0.1, -0.05) is 0 Å². The molecule has 4 rings (SSSR count). The molecule has 1 saturated heterocycles. The molecule has 0 radical (unpaired) electrons. The number of nitro groups is 1. The van der Waals surface area contributed by atoms with E-state index in [0.29, 0.717) is 49.2 Å². The molecule has 0 saturated carbocycles. The van der Waals surface area contributed by atoms with Gasteiger partial charge in [0.15, 0.2) is 11.5 Å². The number of nitro benzene ring substituents is 1. The predicted octanol–water partition coefficient (Wildman–Crippen LogP) is 2.34. The van der Waals surface area contributed by atoms with E-state index in [4.69, 9.17) is 18.9 Å². The lowest BCUT2D eigenvalue weighted by molar-refractivity contribution is -0.386. The van der Waals surface area contributed by atoms with Crippen molar-refractivity contribution in [1.82, 2.24) is 4.90 Å². The molecule has 1 fully saturated rings. The van der Waals surface area contributed by atoms with Crippen LogP contribution in [0.25, 0.3) is 0 Å². The van der Waals surface area contributed by atoms with Crippen LogP contribution in [-0.2, 0) is 9.53 Å². The second-order valence-electron chi connectivity index (χ2n) is 6.79. The third-order valence-electron chi connectivity index (χ3n) is 5.03. The molecule has 2 heterocycles. The summed E-state index contributed by atoms with van der Waals surface area (Å²) in [4.78, 5) is 26.5. The van der Waals surface area contributed by atoms with E-state index in [0.717, 1.165) is 0 Å². The van der Waals surface area contributed by atoms with Crippen molar-refractivity contribution in [3.63, 3.8) is 0 Å². The van der Waals surface area contributed by atoms with E-state index in [-0.39, 0.29) is 24.0 Å². The number of amides is 1. The van der Waals surface area contributed by atoms with E-state index in [9.17, 15) is 14.9 Å². The number of carbonyl (C=O) groups excluding carboxylic acids is 1. The number of rotatable bonds is 6. The second-order valence-corrected chi connectivity index (χ2v) is 6.79. The van der Waals surface area contributed by atoms with Crippen molar-refractivity contribution in [1.29, 1.82) is 0 Å². The highest BCUT2D eigenvalue weighted by atomic mass is 16.7. The maximum atomic E-state index is 13.3. The average molecular weight is 415 g/mol. The van der Waals surface area contributed by atoms with Crippen LogP contribution in [0.3, 0.4) is 0 Å². The molecule has 2 aromatic carbocycles. The molecule has 30 heavy (non-hydrogen) atoms. The highest BCUT2D eigenvalue weighted by Crippen LogP contribution is 2.42. The minimum atomic E-state index is -0.897. The number of carbonyl (C=O) groups is 1. The van der Waals surface area contributed by atoms with Gasteiger partial charge in [0.1, 0.15) is 11.8 Å². The summed E-state index contributed by atoms with van der Waals surface area (Å²) in [6, 6.07) is 8.80. The summed E-state index contributed by atoms with van der Waals surface area (Å²) in [5, 5.41) is 14.6. The normalized spacial score (nSPS) is 16.7. The molecule has 2 aromatic rings. The fourth-order valence-corrected chi connectivity index (χ4v) is 3.55. The molecule has 158 valence electrons. The van der Waals surface area contributed by atoms with Crippen molar-refractivity contribution in [2.45, 2.75) is 6.04 Å². The Bertz CT molecular complexity index is 942. The number of hydrogen-bond donors (Lipinski definition) is 1. The molecule has 0 bridgehead atoms. The van der Waals surface area contributed by atoms with Crippen molar-refractivity contribution in [2.24, 2.45) is 0 Å². The van der Waals surface area contributed by atoms with E-state index in [2.05, 4.69) is 5.32 Å². The van der Waals surface area contributed by atoms with Crippen LogP contribution in [-0.4, -0.2) is 55.9 Å².